The molecule has 0 spiro atoms. The van der Waals surface area contributed by atoms with Crippen LogP contribution in [0.5, 0.6) is 0 Å². The molecule has 2 aromatic heterocycles. The quantitative estimate of drug-likeness (QED) is 0.762. The zero-order valence-electron chi connectivity index (χ0n) is 15.0. The van der Waals surface area contributed by atoms with Crippen LogP contribution >= 0.6 is 11.3 Å². The topological polar surface area (TPSA) is 72.2 Å². The zero-order chi connectivity index (χ0) is 18.0. The Kier molecular flexibility index (Phi) is 4.85. The van der Waals surface area contributed by atoms with Crippen molar-refractivity contribution in [2.45, 2.75) is 52.5 Å². The largest absolute Gasteiger partial charge is 0.350 e. The minimum Gasteiger partial charge on any atom is -0.350 e. The van der Waals surface area contributed by atoms with E-state index in [0.717, 1.165) is 22.2 Å². The molecule has 1 aromatic carbocycles. The van der Waals surface area contributed by atoms with E-state index in [0.29, 0.717) is 13.0 Å². The van der Waals surface area contributed by atoms with E-state index in [1.165, 1.54) is 22.5 Å². The Balaban J connectivity index is 1.49. The van der Waals surface area contributed by atoms with Gasteiger partial charge in [-0.05, 0) is 29.9 Å². The van der Waals surface area contributed by atoms with E-state index in [-0.39, 0.29) is 11.3 Å². The van der Waals surface area contributed by atoms with Crippen molar-refractivity contribution in [3.8, 4) is 0 Å². The summed E-state index contributed by atoms with van der Waals surface area (Å²) in [6.45, 7) is 8.87. The van der Waals surface area contributed by atoms with Gasteiger partial charge in [0.15, 0.2) is 5.82 Å². The van der Waals surface area contributed by atoms with Gasteiger partial charge in [0, 0.05) is 6.42 Å². The van der Waals surface area contributed by atoms with E-state index >= 15 is 0 Å². The Morgan fingerprint density at radius 1 is 1.20 bits per heavy atom. The third-order valence-corrected chi connectivity index (χ3v) is 4.98. The van der Waals surface area contributed by atoms with Crippen molar-refractivity contribution in [3.63, 3.8) is 0 Å². The standard InChI is InChI=1S/C18H23N5OS/c1-12-20-21-17-23(12)22-16(25-17)11-19-15(24)10-7-13-5-8-14(9-6-13)18(2,3)4/h5-6,8-9H,7,10-11H2,1-4H3,(H,19,24). The summed E-state index contributed by atoms with van der Waals surface area (Å²) in [7, 11) is 0. The van der Waals surface area contributed by atoms with Crippen LogP contribution in [0.4, 0.5) is 0 Å². The van der Waals surface area contributed by atoms with Crippen LogP contribution in [0.3, 0.4) is 0 Å². The summed E-state index contributed by atoms with van der Waals surface area (Å²) in [6.07, 6.45) is 1.21. The highest BCUT2D eigenvalue weighted by Gasteiger charge is 2.13. The van der Waals surface area contributed by atoms with Gasteiger partial charge in [-0.25, -0.2) is 0 Å². The van der Waals surface area contributed by atoms with Gasteiger partial charge in [0.2, 0.25) is 10.9 Å². The van der Waals surface area contributed by atoms with Gasteiger partial charge in [-0.15, -0.1) is 10.2 Å². The average molecular weight is 357 g/mol. The first-order chi connectivity index (χ1) is 11.8. The van der Waals surface area contributed by atoms with Crippen molar-refractivity contribution in [1.29, 1.82) is 0 Å². The summed E-state index contributed by atoms with van der Waals surface area (Å²) in [6, 6.07) is 8.52. The fourth-order valence-corrected chi connectivity index (χ4v) is 3.34. The Hall–Kier alpha value is -2.28. The maximum Gasteiger partial charge on any atom is 0.234 e. The van der Waals surface area contributed by atoms with E-state index in [1.54, 1.807) is 4.52 Å². The molecule has 0 fully saturated rings. The van der Waals surface area contributed by atoms with E-state index in [2.05, 4.69) is 65.6 Å². The molecule has 0 aliphatic heterocycles. The smallest absolute Gasteiger partial charge is 0.234 e. The summed E-state index contributed by atoms with van der Waals surface area (Å²) in [5.41, 5.74) is 2.63. The number of amides is 1. The van der Waals surface area contributed by atoms with Gasteiger partial charge < -0.3 is 5.32 Å². The fourth-order valence-electron chi connectivity index (χ4n) is 2.52. The lowest BCUT2D eigenvalue weighted by Crippen LogP contribution is -2.23. The van der Waals surface area contributed by atoms with E-state index in [4.69, 9.17) is 0 Å². The fraction of sp³-hybridized carbons (Fsp3) is 0.444. The number of aryl methyl sites for hydroxylation is 2. The van der Waals surface area contributed by atoms with Crippen LogP contribution in [0.25, 0.3) is 4.96 Å². The average Bonchev–Trinajstić information content (AvgIpc) is 3.12. The molecule has 0 atom stereocenters. The molecule has 0 saturated heterocycles. The maximum absolute atomic E-state index is 12.1. The lowest BCUT2D eigenvalue weighted by atomic mass is 9.86. The predicted octanol–water partition coefficient (Wildman–Crippen LogP) is 3.04. The Morgan fingerprint density at radius 3 is 2.56 bits per heavy atom. The second kappa shape index (κ2) is 6.92. The molecular formula is C18H23N5OS. The molecule has 3 aromatic rings. The number of fused-ring (bicyclic) bond motifs is 1. The minimum atomic E-state index is 0.0302. The van der Waals surface area contributed by atoms with Gasteiger partial charge in [-0.3, -0.25) is 4.79 Å². The van der Waals surface area contributed by atoms with E-state index in [9.17, 15) is 4.79 Å². The van der Waals surface area contributed by atoms with Crippen LogP contribution in [-0.4, -0.2) is 25.7 Å². The summed E-state index contributed by atoms with van der Waals surface area (Å²) in [5, 5.41) is 16.1. The minimum absolute atomic E-state index is 0.0302. The van der Waals surface area contributed by atoms with Crippen LogP contribution in [0.15, 0.2) is 24.3 Å². The number of rotatable bonds is 5. The van der Waals surface area contributed by atoms with Gasteiger partial charge >= 0.3 is 0 Å². The Morgan fingerprint density at radius 2 is 1.92 bits per heavy atom. The highest BCUT2D eigenvalue weighted by molar-refractivity contribution is 7.16. The summed E-state index contributed by atoms with van der Waals surface area (Å²) in [5.74, 6) is 0.783. The molecule has 0 aliphatic rings. The molecule has 7 heteroatoms. The monoisotopic (exact) mass is 357 g/mol. The van der Waals surface area contributed by atoms with E-state index < -0.39 is 0 Å². The molecule has 1 N–H and O–H groups in total. The third-order valence-electron chi connectivity index (χ3n) is 4.09. The highest BCUT2D eigenvalue weighted by atomic mass is 32.1. The summed E-state index contributed by atoms with van der Waals surface area (Å²) >= 11 is 1.44. The zero-order valence-corrected chi connectivity index (χ0v) is 15.9. The molecular weight excluding hydrogens is 334 g/mol. The van der Waals surface area contributed by atoms with Crippen LogP contribution in [0, 0.1) is 6.92 Å². The van der Waals surface area contributed by atoms with Crippen LogP contribution in [-0.2, 0) is 23.2 Å². The van der Waals surface area contributed by atoms with Crippen LogP contribution in [0.2, 0.25) is 0 Å². The number of carbonyl (C=O) groups is 1. The first-order valence-corrected chi connectivity index (χ1v) is 9.18. The molecule has 0 aliphatic carbocycles. The van der Waals surface area contributed by atoms with Crippen molar-refractivity contribution in [3.05, 3.63) is 46.2 Å². The van der Waals surface area contributed by atoms with E-state index in [1.807, 2.05) is 6.92 Å². The lowest BCUT2D eigenvalue weighted by Gasteiger charge is -2.19. The number of benzene rings is 1. The van der Waals surface area contributed by atoms with Crippen molar-refractivity contribution in [1.82, 2.24) is 25.1 Å². The Bertz CT molecular complexity index is 873. The molecule has 1 amide bonds. The number of nitrogens with zero attached hydrogens (tertiary/aromatic N) is 4. The number of aromatic nitrogens is 4. The van der Waals surface area contributed by atoms with Gasteiger partial charge in [0.1, 0.15) is 5.01 Å². The molecule has 25 heavy (non-hydrogen) atoms. The predicted molar refractivity (Wildman–Crippen MR) is 98.7 cm³/mol. The Labute approximate surface area is 151 Å². The first kappa shape index (κ1) is 17.5. The molecule has 0 unspecified atom stereocenters. The lowest BCUT2D eigenvalue weighted by molar-refractivity contribution is -0.121. The van der Waals surface area contributed by atoms with Crippen LogP contribution in [0.1, 0.15) is 49.2 Å². The summed E-state index contributed by atoms with van der Waals surface area (Å²) < 4.78 is 1.70. The number of nitrogens with one attached hydrogen (secondary N) is 1. The number of hydrogen-bond acceptors (Lipinski definition) is 5. The third kappa shape index (κ3) is 4.22. The molecule has 2 heterocycles. The van der Waals surface area contributed by atoms with Crippen molar-refractivity contribution >= 4 is 22.2 Å². The van der Waals surface area contributed by atoms with Gasteiger partial charge in [-0.2, -0.15) is 9.61 Å². The van der Waals surface area contributed by atoms with Crippen molar-refractivity contribution < 1.29 is 4.79 Å². The molecule has 3 rings (SSSR count). The first-order valence-electron chi connectivity index (χ1n) is 8.37. The number of carbonyl (C=O) groups excluding carboxylic acids is 1. The van der Waals surface area contributed by atoms with Crippen LogP contribution < -0.4 is 5.32 Å². The highest BCUT2D eigenvalue weighted by Crippen LogP contribution is 2.22. The maximum atomic E-state index is 12.1. The second-order valence-corrected chi connectivity index (χ2v) is 8.20. The van der Waals surface area contributed by atoms with Gasteiger partial charge in [0.05, 0.1) is 6.54 Å². The molecule has 0 saturated carbocycles. The number of hydrogen-bond donors (Lipinski definition) is 1. The summed E-state index contributed by atoms with van der Waals surface area (Å²) in [4.78, 5) is 12.8. The SMILES string of the molecule is Cc1nnc2sc(CNC(=O)CCc3ccc(C(C)(C)C)cc3)nn12. The molecule has 132 valence electrons. The molecule has 6 nitrogen and oxygen atoms in total. The second-order valence-electron chi connectivity index (χ2n) is 7.16. The molecule has 0 radical (unpaired) electrons. The van der Waals surface area contributed by atoms with Crippen molar-refractivity contribution in [2.24, 2.45) is 0 Å². The van der Waals surface area contributed by atoms with Gasteiger partial charge in [0.25, 0.3) is 0 Å². The van der Waals surface area contributed by atoms with Crippen molar-refractivity contribution in [2.75, 3.05) is 0 Å². The normalized spacial score (nSPS) is 11.8. The van der Waals surface area contributed by atoms with Gasteiger partial charge in [-0.1, -0.05) is 56.4 Å². The molecule has 0 bridgehead atoms.